The van der Waals surface area contributed by atoms with Crippen LogP contribution in [0.3, 0.4) is 0 Å². The highest BCUT2D eigenvalue weighted by Crippen LogP contribution is 2.32. The SMILES string of the molecule is O=C1C(=O)N(Cc2cnnn2CCCNc2ccnc3cc(Cl)ccc23)c2ccc(Cl)cc21. The molecular formula is C23H18Cl2N6O2. The Kier molecular flexibility index (Phi) is 5.70. The van der Waals surface area contributed by atoms with E-state index in [0.717, 1.165) is 28.7 Å². The maximum absolute atomic E-state index is 12.5. The van der Waals surface area contributed by atoms with Gasteiger partial charge in [0.25, 0.3) is 11.7 Å². The summed E-state index contributed by atoms with van der Waals surface area (Å²) < 4.78 is 1.75. The zero-order valence-corrected chi connectivity index (χ0v) is 18.8. The molecule has 166 valence electrons. The van der Waals surface area contributed by atoms with Gasteiger partial charge in [-0.2, -0.15) is 0 Å². The maximum atomic E-state index is 12.5. The van der Waals surface area contributed by atoms with E-state index in [4.69, 9.17) is 23.2 Å². The molecule has 1 aliphatic rings. The lowest BCUT2D eigenvalue weighted by atomic mass is 10.1. The molecule has 0 radical (unpaired) electrons. The molecule has 0 bridgehead atoms. The molecule has 3 heterocycles. The number of nitrogens with zero attached hydrogens (tertiary/aromatic N) is 5. The van der Waals surface area contributed by atoms with Gasteiger partial charge in [-0.25, -0.2) is 4.68 Å². The Morgan fingerprint density at radius 2 is 1.82 bits per heavy atom. The van der Waals surface area contributed by atoms with Crippen LogP contribution in [0.1, 0.15) is 22.5 Å². The predicted molar refractivity (Wildman–Crippen MR) is 127 cm³/mol. The Morgan fingerprint density at radius 1 is 1.00 bits per heavy atom. The normalized spacial score (nSPS) is 13.1. The molecule has 0 spiro atoms. The summed E-state index contributed by atoms with van der Waals surface area (Å²) in [6, 6.07) is 12.4. The van der Waals surface area contributed by atoms with Gasteiger partial charge in [0.05, 0.1) is 35.2 Å². The highest BCUT2D eigenvalue weighted by atomic mass is 35.5. The standard InChI is InChI=1S/C23H18Cl2N6O2/c24-14-3-5-21-18(10-14)22(32)23(33)30(21)13-16-12-28-29-31(16)9-1-7-26-19-6-8-27-20-11-15(25)2-4-17(19)20/h2-6,8,10-12H,1,7,9,13H2,(H,26,27). The second-order valence-electron chi connectivity index (χ2n) is 7.63. The van der Waals surface area contributed by atoms with Crippen molar-refractivity contribution in [3.63, 3.8) is 0 Å². The average Bonchev–Trinajstić information content (AvgIpc) is 3.34. The fraction of sp³-hybridized carbons (Fsp3) is 0.174. The third-order valence-corrected chi connectivity index (χ3v) is 5.99. The van der Waals surface area contributed by atoms with Gasteiger partial charge in [0.2, 0.25) is 0 Å². The molecule has 2 aromatic carbocycles. The summed E-state index contributed by atoms with van der Waals surface area (Å²) in [5.74, 6) is -1.13. The minimum Gasteiger partial charge on any atom is -0.384 e. The van der Waals surface area contributed by atoms with E-state index in [-0.39, 0.29) is 6.54 Å². The number of fused-ring (bicyclic) bond motifs is 2. The number of ketones is 1. The van der Waals surface area contributed by atoms with Crippen LogP contribution in [0.15, 0.2) is 54.9 Å². The van der Waals surface area contributed by atoms with E-state index >= 15 is 0 Å². The van der Waals surface area contributed by atoms with Crippen molar-refractivity contribution in [1.82, 2.24) is 20.0 Å². The number of carbonyl (C=O) groups is 2. The van der Waals surface area contributed by atoms with Gasteiger partial charge in [-0.05, 0) is 48.9 Å². The summed E-state index contributed by atoms with van der Waals surface area (Å²) in [6.45, 7) is 1.50. The third-order valence-electron chi connectivity index (χ3n) is 5.52. The first-order valence-electron chi connectivity index (χ1n) is 10.3. The summed E-state index contributed by atoms with van der Waals surface area (Å²) in [6.07, 6.45) is 4.13. The maximum Gasteiger partial charge on any atom is 0.299 e. The third kappa shape index (κ3) is 4.15. The van der Waals surface area contributed by atoms with Crippen LogP contribution in [0.4, 0.5) is 11.4 Å². The molecular weight excluding hydrogens is 463 g/mol. The molecule has 1 amide bonds. The summed E-state index contributed by atoms with van der Waals surface area (Å²) in [5.41, 5.74) is 3.42. The van der Waals surface area contributed by atoms with Crippen molar-refractivity contribution in [1.29, 1.82) is 0 Å². The Balaban J connectivity index is 1.24. The van der Waals surface area contributed by atoms with Gasteiger partial charge < -0.3 is 5.32 Å². The van der Waals surface area contributed by atoms with Gasteiger partial charge in [0.15, 0.2) is 0 Å². The summed E-state index contributed by atoms with van der Waals surface area (Å²) in [4.78, 5) is 30.6. The van der Waals surface area contributed by atoms with Crippen molar-refractivity contribution in [3.8, 4) is 0 Å². The van der Waals surface area contributed by atoms with Gasteiger partial charge in [0.1, 0.15) is 0 Å². The molecule has 0 atom stereocenters. The number of anilines is 2. The van der Waals surface area contributed by atoms with Crippen molar-refractivity contribution in [2.45, 2.75) is 19.5 Å². The molecule has 0 saturated heterocycles. The van der Waals surface area contributed by atoms with E-state index in [1.165, 1.54) is 11.0 Å². The number of pyridine rings is 1. The molecule has 5 rings (SSSR count). The number of hydrogen-bond acceptors (Lipinski definition) is 6. The highest BCUT2D eigenvalue weighted by molar-refractivity contribution is 6.52. The van der Waals surface area contributed by atoms with Gasteiger partial charge in [-0.3, -0.25) is 19.5 Å². The lowest BCUT2D eigenvalue weighted by Crippen LogP contribution is -2.30. The number of benzene rings is 2. The summed E-state index contributed by atoms with van der Waals surface area (Å²) >= 11 is 12.0. The zero-order chi connectivity index (χ0) is 22.9. The van der Waals surface area contributed by atoms with E-state index in [2.05, 4.69) is 20.6 Å². The fourth-order valence-electron chi connectivity index (χ4n) is 3.91. The Bertz CT molecular complexity index is 1390. The van der Waals surface area contributed by atoms with Crippen LogP contribution in [0.25, 0.3) is 10.9 Å². The van der Waals surface area contributed by atoms with Crippen molar-refractivity contribution in [2.24, 2.45) is 0 Å². The molecule has 10 heteroatoms. The molecule has 1 N–H and O–H groups in total. The number of hydrogen-bond donors (Lipinski definition) is 1. The summed E-state index contributed by atoms with van der Waals surface area (Å²) in [5, 5.41) is 13.6. The number of nitrogens with one attached hydrogen (secondary N) is 1. The van der Waals surface area contributed by atoms with Gasteiger partial charge >= 0.3 is 0 Å². The van der Waals surface area contributed by atoms with E-state index < -0.39 is 11.7 Å². The number of halogens is 2. The Morgan fingerprint density at radius 3 is 2.70 bits per heavy atom. The van der Waals surface area contributed by atoms with Crippen molar-refractivity contribution < 1.29 is 9.59 Å². The van der Waals surface area contributed by atoms with Gasteiger partial charge in [-0.15, -0.1) is 5.10 Å². The fourth-order valence-corrected chi connectivity index (χ4v) is 4.25. The van der Waals surface area contributed by atoms with Crippen LogP contribution in [-0.2, 0) is 17.9 Å². The topological polar surface area (TPSA) is 93.0 Å². The minimum absolute atomic E-state index is 0.204. The first kappa shape index (κ1) is 21.4. The van der Waals surface area contributed by atoms with Gasteiger partial charge in [0, 0.05) is 40.4 Å². The monoisotopic (exact) mass is 480 g/mol. The Hall–Kier alpha value is -3.49. The van der Waals surface area contributed by atoms with Crippen molar-refractivity contribution in [2.75, 3.05) is 16.8 Å². The molecule has 1 aliphatic heterocycles. The molecule has 0 saturated carbocycles. The van der Waals surface area contributed by atoms with Crippen LogP contribution in [-0.4, -0.2) is 38.2 Å². The first-order valence-corrected chi connectivity index (χ1v) is 11.1. The van der Waals surface area contributed by atoms with Crippen molar-refractivity contribution in [3.05, 3.63) is 76.2 Å². The van der Waals surface area contributed by atoms with E-state index in [1.54, 1.807) is 29.2 Å². The molecule has 0 aliphatic carbocycles. The van der Waals surface area contributed by atoms with Gasteiger partial charge in [-0.1, -0.05) is 28.4 Å². The first-order chi connectivity index (χ1) is 16.0. The number of aromatic nitrogens is 4. The van der Waals surface area contributed by atoms with Crippen molar-refractivity contribution >= 4 is 57.2 Å². The Labute approximate surface area is 199 Å². The predicted octanol–water partition coefficient (Wildman–Crippen LogP) is 4.36. The minimum atomic E-state index is -0.577. The van der Waals surface area contributed by atoms with Crippen LogP contribution in [0.5, 0.6) is 0 Å². The smallest absolute Gasteiger partial charge is 0.299 e. The van der Waals surface area contributed by atoms with Crippen LogP contribution in [0.2, 0.25) is 10.0 Å². The summed E-state index contributed by atoms with van der Waals surface area (Å²) in [7, 11) is 0. The van der Waals surface area contributed by atoms with Crippen LogP contribution in [0, 0.1) is 0 Å². The lowest BCUT2D eigenvalue weighted by Gasteiger charge is -2.17. The molecule has 8 nitrogen and oxygen atoms in total. The number of Topliss-reactive ketones (excluding diaryl/α,β-unsaturated/α-hetero) is 1. The van der Waals surface area contributed by atoms with Crippen LogP contribution >= 0.6 is 23.2 Å². The molecule has 2 aromatic heterocycles. The quantitative estimate of drug-likeness (QED) is 0.312. The van der Waals surface area contributed by atoms with E-state index in [9.17, 15) is 9.59 Å². The second-order valence-corrected chi connectivity index (χ2v) is 8.50. The second kappa shape index (κ2) is 8.80. The highest BCUT2D eigenvalue weighted by Gasteiger charge is 2.36. The number of aryl methyl sites for hydroxylation is 1. The number of carbonyl (C=O) groups excluding carboxylic acids is 2. The lowest BCUT2D eigenvalue weighted by molar-refractivity contribution is -0.114. The largest absolute Gasteiger partial charge is 0.384 e. The van der Waals surface area contributed by atoms with E-state index in [0.29, 0.717) is 34.4 Å². The number of amides is 1. The molecule has 4 aromatic rings. The molecule has 0 fully saturated rings. The number of rotatable bonds is 7. The van der Waals surface area contributed by atoms with Crippen LogP contribution < -0.4 is 10.2 Å². The van der Waals surface area contributed by atoms with E-state index in [1.807, 2.05) is 24.3 Å². The average molecular weight is 481 g/mol. The zero-order valence-electron chi connectivity index (χ0n) is 17.3. The molecule has 33 heavy (non-hydrogen) atoms. The molecule has 0 unspecified atom stereocenters.